The molecule has 2 atom stereocenters. The molecule has 38 heavy (non-hydrogen) atoms. The van der Waals surface area contributed by atoms with E-state index >= 15 is 0 Å². The van der Waals surface area contributed by atoms with Crippen molar-refractivity contribution in [2.24, 2.45) is 7.05 Å². The molecule has 0 amide bonds. The van der Waals surface area contributed by atoms with E-state index in [1.165, 1.54) is 6.20 Å². The molecule has 6 rings (SSSR count). The van der Waals surface area contributed by atoms with Crippen molar-refractivity contribution in [3.05, 3.63) is 47.8 Å². The number of hydrogen-bond acceptors (Lipinski definition) is 8. The van der Waals surface area contributed by atoms with Crippen LogP contribution in [0.4, 0.5) is 16.2 Å². The normalized spacial score (nSPS) is 18.6. The van der Waals surface area contributed by atoms with Crippen molar-refractivity contribution in [2.45, 2.75) is 38.4 Å². The van der Waals surface area contributed by atoms with Crippen molar-refractivity contribution in [1.82, 2.24) is 43.8 Å². The first-order valence-electron chi connectivity index (χ1n) is 12.3. The van der Waals surface area contributed by atoms with Gasteiger partial charge >= 0.3 is 0 Å². The van der Waals surface area contributed by atoms with Crippen molar-refractivity contribution in [3.63, 3.8) is 0 Å². The number of likely N-dealkylation sites (tertiary alicyclic amines) is 1. The Labute approximate surface area is 223 Å². The second-order valence-electron chi connectivity index (χ2n) is 10.7. The quantitative estimate of drug-likeness (QED) is 0.348. The van der Waals surface area contributed by atoms with Crippen LogP contribution in [0.15, 0.2) is 37.1 Å². The Hall–Kier alpha value is -3.77. The number of alkyl halides is 1. The Bertz CT molecular complexity index is 1650. The highest BCUT2D eigenvalue weighted by atomic mass is 35.5. The van der Waals surface area contributed by atoms with E-state index in [0.717, 1.165) is 5.69 Å². The summed E-state index contributed by atoms with van der Waals surface area (Å²) in [5, 5.41) is 12.7. The third-order valence-corrected chi connectivity index (χ3v) is 7.14. The van der Waals surface area contributed by atoms with Crippen LogP contribution in [0.25, 0.3) is 16.7 Å². The molecule has 1 fully saturated rings. The van der Waals surface area contributed by atoms with Gasteiger partial charge in [-0.3, -0.25) is 9.67 Å². The zero-order valence-electron chi connectivity index (χ0n) is 21.7. The molecule has 0 aromatic carbocycles. The zero-order valence-corrected chi connectivity index (χ0v) is 22.5. The number of ether oxygens (including phenoxy) is 1. The van der Waals surface area contributed by atoms with Gasteiger partial charge in [0.1, 0.15) is 22.2 Å². The first-order chi connectivity index (χ1) is 18.1. The number of pyridine rings is 1. The third kappa shape index (κ3) is 4.13. The number of fused-ring (bicyclic) bond motifs is 2. The average Bonchev–Trinajstić information content (AvgIpc) is 3.62. The molecule has 11 nitrogen and oxygen atoms in total. The monoisotopic (exact) mass is 538 g/mol. The maximum absolute atomic E-state index is 14.9. The lowest BCUT2D eigenvalue weighted by Gasteiger charge is -2.24. The van der Waals surface area contributed by atoms with Crippen LogP contribution in [0.3, 0.4) is 0 Å². The Balaban J connectivity index is 1.34. The van der Waals surface area contributed by atoms with Gasteiger partial charge in [0.05, 0.1) is 24.6 Å². The molecule has 5 aromatic heterocycles. The number of aromatic nitrogens is 8. The number of halogens is 2. The number of hydrogen-bond donors (Lipinski definition) is 1. The topological polar surface area (TPSA) is 103 Å². The van der Waals surface area contributed by atoms with Crippen molar-refractivity contribution in [2.75, 3.05) is 25.5 Å². The number of nitrogens with zero attached hydrogens (tertiary/aromatic N) is 9. The molecular formula is C25H28ClFN10O. The van der Waals surface area contributed by atoms with E-state index in [1.807, 2.05) is 29.7 Å². The van der Waals surface area contributed by atoms with E-state index in [0.29, 0.717) is 58.1 Å². The van der Waals surface area contributed by atoms with Gasteiger partial charge in [0.15, 0.2) is 23.0 Å². The highest BCUT2D eigenvalue weighted by molar-refractivity contribution is 6.36. The number of rotatable bonds is 5. The van der Waals surface area contributed by atoms with Gasteiger partial charge in [-0.25, -0.2) is 13.9 Å². The summed E-state index contributed by atoms with van der Waals surface area (Å²) in [6, 6.07) is 1.60. The number of likely N-dealkylation sites (N-methyl/N-ethyl adjacent to an activating group) is 1. The Morgan fingerprint density at radius 1 is 1.13 bits per heavy atom. The molecule has 1 aliphatic heterocycles. The van der Waals surface area contributed by atoms with E-state index in [-0.39, 0.29) is 11.5 Å². The lowest BCUT2D eigenvalue weighted by Crippen LogP contribution is -2.27. The van der Waals surface area contributed by atoms with Crippen molar-refractivity contribution in [1.29, 1.82) is 0 Å². The molecule has 6 heterocycles. The van der Waals surface area contributed by atoms with E-state index in [4.69, 9.17) is 21.4 Å². The predicted molar refractivity (Wildman–Crippen MR) is 142 cm³/mol. The van der Waals surface area contributed by atoms with Gasteiger partial charge in [-0.05, 0) is 7.05 Å². The van der Waals surface area contributed by atoms with Gasteiger partial charge in [0.25, 0.3) is 0 Å². The first kappa shape index (κ1) is 24.6. The molecule has 13 heteroatoms. The van der Waals surface area contributed by atoms with E-state index < -0.39 is 6.17 Å². The van der Waals surface area contributed by atoms with Crippen LogP contribution in [-0.2, 0) is 12.5 Å². The maximum Gasteiger partial charge on any atom is 0.210 e. The Kier molecular flexibility index (Phi) is 5.76. The molecule has 0 saturated carbocycles. The second kappa shape index (κ2) is 8.91. The van der Waals surface area contributed by atoms with Crippen molar-refractivity contribution < 1.29 is 9.13 Å². The SMILES string of the molecule is CN1CC(n2nc(Nc3nc4ncc(Oc5cnn6ccncc56)c(Cl)c4n3C)cc2C(C)(C)C)[C@H](F)C1. The highest BCUT2D eigenvalue weighted by Crippen LogP contribution is 2.37. The molecule has 1 N–H and O–H groups in total. The summed E-state index contributed by atoms with van der Waals surface area (Å²) in [5.74, 6) is 1.94. The number of nitrogens with one attached hydrogen (secondary N) is 1. The van der Waals surface area contributed by atoms with Crippen LogP contribution in [0.5, 0.6) is 11.5 Å². The standard InChI is InChI=1S/C25H28ClFN10O/c1-25(2,3)19-8-20(33-37(19)16-13-34(4)12-14(16)27)31-24-32-23-22(35(24)5)21(26)18(10-29-23)38-17-11-30-36-7-6-28-9-15(17)36/h6-11,14,16H,12-13H2,1-5H3,(H,29,31,32,33)/t14-,16?/m1/s1. The summed E-state index contributed by atoms with van der Waals surface area (Å²) in [7, 11) is 3.76. The van der Waals surface area contributed by atoms with Gasteiger partial charge in [0, 0.05) is 49.7 Å². The molecule has 0 aliphatic carbocycles. The molecule has 1 aliphatic rings. The summed E-state index contributed by atoms with van der Waals surface area (Å²) >= 11 is 6.77. The summed E-state index contributed by atoms with van der Waals surface area (Å²) in [5.41, 5.74) is 2.45. The van der Waals surface area contributed by atoms with E-state index in [2.05, 4.69) is 46.1 Å². The van der Waals surface area contributed by atoms with Crippen LogP contribution in [0.1, 0.15) is 32.5 Å². The summed E-state index contributed by atoms with van der Waals surface area (Å²) in [6.07, 6.45) is 7.18. The number of aryl methyl sites for hydroxylation is 1. The molecular weight excluding hydrogens is 511 g/mol. The summed E-state index contributed by atoms with van der Waals surface area (Å²) in [4.78, 5) is 15.2. The highest BCUT2D eigenvalue weighted by Gasteiger charge is 2.36. The van der Waals surface area contributed by atoms with Gasteiger partial charge in [0.2, 0.25) is 5.95 Å². The largest absolute Gasteiger partial charge is 0.450 e. The van der Waals surface area contributed by atoms with E-state index in [9.17, 15) is 4.39 Å². The second-order valence-corrected chi connectivity index (χ2v) is 11.0. The molecule has 1 saturated heterocycles. The number of anilines is 2. The molecule has 1 unspecified atom stereocenters. The summed E-state index contributed by atoms with van der Waals surface area (Å²) < 4.78 is 26.2. The maximum atomic E-state index is 14.9. The van der Waals surface area contributed by atoms with Crippen LogP contribution in [0.2, 0.25) is 5.02 Å². The lowest BCUT2D eigenvalue weighted by atomic mass is 9.91. The van der Waals surface area contributed by atoms with Gasteiger partial charge in [-0.2, -0.15) is 15.2 Å². The summed E-state index contributed by atoms with van der Waals surface area (Å²) in [6.45, 7) is 7.27. The fourth-order valence-corrected chi connectivity index (χ4v) is 5.15. The third-order valence-electron chi connectivity index (χ3n) is 6.77. The van der Waals surface area contributed by atoms with E-state index in [1.54, 1.807) is 33.9 Å². The van der Waals surface area contributed by atoms with Gasteiger partial charge in [-0.1, -0.05) is 32.4 Å². The molecule has 0 radical (unpaired) electrons. The fourth-order valence-electron chi connectivity index (χ4n) is 4.85. The smallest absolute Gasteiger partial charge is 0.210 e. The number of imidazole rings is 1. The van der Waals surface area contributed by atoms with Crippen LogP contribution < -0.4 is 10.1 Å². The van der Waals surface area contributed by atoms with Crippen molar-refractivity contribution >= 4 is 40.0 Å². The van der Waals surface area contributed by atoms with Crippen LogP contribution in [0, 0.1) is 0 Å². The van der Waals surface area contributed by atoms with Crippen LogP contribution >= 0.6 is 11.6 Å². The molecule has 198 valence electrons. The lowest BCUT2D eigenvalue weighted by molar-refractivity contribution is 0.258. The molecule has 0 bridgehead atoms. The first-order valence-corrected chi connectivity index (χ1v) is 12.6. The van der Waals surface area contributed by atoms with Gasteiger partial charge < -0.3 is 19.5 Å². The minimum atomic E-state index is -0.991. The average molecular weight is 539 g/mol. The predicted octanol–water partition coefficient (Wildman–Crippen LogP) is 4.52. The van der Waals surface area contributed by atoms with Gasteiger partial charge in [-0.15, -0.1) is 0 Å². The fraction of sp³-hybridized carbons (Fsp3) is 0.400. The van der Waals surface area contributed by atoms with Crippen molar-refractivity contribution in [3.8, 4) is 11.5 Å². The Morgan fingerprint density at radius 3 is 2.68 bits per heavy atom. The minimum absolute atomic E-state index is 0.231. The molecule has 5 aromatic rings. The molecule has 0 spiro atoms. The zero-order chi connectivity index (χ0) is 26.8. The Morgan fingerprint density at radius 2 is 1.95 bits per heavy atom. The minimum Gasteiger partial charge on any atom is -0.450 e. The van der Waals surface area contributed by atoms with Crippen LogP contribution in [-0.4, -0.2) is 70.1 Å².